The number of carboxylic acid groups (broad SMARTS) is 2. The molecule has 10 N–H and O–H groups in total. The Bertz CT molecular complexity index is 608. The number of rotatable bonds is 13. The van der Waals surface area contributed by atoms with Crippen molar-refractivity contribution < 1.29 is 39.0 Å². The lowest BCUT2D eigenvalue weighted by Gasteiger charge is -2.22. The van der Waals surface area contributed by atoms with Crippen molar-refractivity contribution in [2.45, 2.75) is 50.2 Å². The number of carboxylic acids is 2. The standard InChI is InChI=1S/C14H23N5O8/c15-6(1-4-11(22)23)12(24)18-7(2-3-9(16)20)13(25)19-8(14(26)27)5-10(17)21/h6-8H,1-5,15H2,(H2,16,20)(H2,17,21)(H,18,24)(H,19,25)(H,22,23)(H,26,27). The predicted octanol–water partition coefficient (Wildman–Crippen LogP) is -3.63. The Balaban J connectivity index is 5.09. The number of hydrogen-bond acceptors (Lipinski definition) is 7. The molecule has 0 heterocycles. The molecule has 152 valence electrons. The highest BCUT2D eigenvalue weighted by molar-refractivity contribution is 5.93. The smallest absolute Gasteiger partial charge is 0.326 e. The lowest BCUT2D eigenvalue weighted by Crippen LogP contribution is -2.55. The van der Waals surface area contributed by atoms with Gasteiger partial charge in [-0.1, -0.05) is 0 Å². The molecule has 0 rings (SSSR count). The van der Waals surface area contributed by atoms with Crippen LogP contribution in [0.15, 0.2) is 0 Å². The van der Waals surface area contributed by atoms with Crippen molar-refractivity contribution in [2.75, 3.05) is 0 Å². The zero-order valence-electron chi connectivity index (χ0n) is 14.3. The molecule has 0 aliphatic heterocycles. The molecule has 0 aromatic heterocycles. The average Bonchev–Trinajstić information content (AvgIpc) is 2.54. The van der Waals surface area contributed by atoms with E-state index in [0.29, 0.717) is 0 Å². The maximum atomic E-state index is 12.2. The summed E-state index contributed by atoms with van der Waals surface area (Å²) in [5.41, 5.74) is 15.4. The van der Waals surface area contributed by atoms with Gasteiger partial charge in [-0.25, -0.2) is 4.79 Å². The van der Waals surface area contributed by atoms with E-state index < -0.39 is 60.1 Å². The van der Waals surface area contributed by atoms with Crippen molar-refractivity contribution in [1.29, 1.82) is 0 Å². The predicted molar refractivity (Wildman–Crippen MR) is 88.6 cm³/mol. The summed E-state index contributed by atoms with van der Waals surface area (Å²) >= 11 is 0. The first-order chi connectivity index (χ1) is 12.4. The SMILES string of the molecule is NC(=O)CCC(NC(=O)C(N)CCC(=O)O)C(=O)NC(CC(N)=O)C(=O)O. The topological polar surface area (TPSA) is 245 Å². The molecule has 27 heavy (non-hydrogen) atoms. The second-order valence-corrected chi connectivity index (χ2v) is 5.67. The Morgan fingerprint density at radius 2 is 1.33 bits per heavy atom. The maximum absolute atomic E-state index is 12.2. The van der Waals surface area contributed by atoms with Crippen LogP contribution in [0.3, 0.4) is 0 Å². The fourth-order valence-corrected chi connectivity index (χ4v) is 1.92. The molecule has 0 aliphatic rings. The largest absolute Gasteiger partial charge is 0.481 e. The summed E-state index contributed by atoms with van der Waals surface area (Å²) in [5.74, 6) is -6.32. The first-order valence-corrected chi connectivity index (χ1v) is 7.81. The molecule has 13 nitrogen and oxygen atoms in total. The van der Waals surface area contributed by atoms with Crippen LogP contribution in [0.25, 0.3) is 0 Å². The van der Waals surface area contributed by atoms with Gasteiger partial charge in [-0.2, -0.15) is 0 Å². The van der Waals surface area contributed by atoms with Crippen molar-refractivity contribution in [3.63, 3.8) is 0 Å². The molecule has 0 spiro atoms. The van der Waals surface area contributed by atoms with Crippen molar-refractivity contribution >= 4 is 35.6 Å². The molecule has 3 atom stereocenters. The minimum absolute atomic E-state index is 0.204. The summed E-state index contributed by atoms with van der Waals surface area (Å²) in [6.07, 6.45) is -1.84. The second kappa shape index (κ2) is 11.4. The van der Waals surface area contributed by atoms with Crippen LogP contribution >= 0.6 is 0 Å². The Morgan fingerprint density at radius 3 is 1.78 bits per heavy atom. The third kappa shape index (κ3) is 10.4. The number of aliphatic carboxylic acids is 2. The maximum Gasteiger partial charge on any atom is 0.326 e. The van der Waals surface area contributed by atoms with Crippen molar-refractivity contribution in [3.05, 3.63) is 0 Å². The molecule has 0 saturated heterocycles. The Hall–Kier alpha value is -3.22. The summed E-state index contributed by atoms with van der Waals surface area (Å²) in [6, 6.07) is -4.26. The number of primary amides is 2. The summed E-state index contributed by atoms with van der Waals surface area (Å²) in [4.78, 5) is 67.7. The van der Waals surface area contributed by atoms with Crippen LogP contribution in [-0.2, 0) is 28.8 Å². The quantitative estimate of drug-likeness (QED) is 0.164. The van der Waals surface area contributed by atoms with Gasteiger partial charge in [0.05, 0.1) is 12.5 Å². The summed E-state index contributed by atoms with van der Waals surface area (Å²) in [7, 11) is 0. The van der Waals surface area contributed by atoms with E-state index in [1.54, 1.807) is 0 Å². The van der Waals surface area contributed by atoms with Gasteiger partial charge in [0.15, 0.2) is 0 Å². The average molecular weight is 389 g/mol. The van der Waals surface area contributed by atoms with E-state index in [-0.39, 0.29) is 25.7 Å². The minimum atomic E-state index is -1.64. The van der Waals surface area contributed by atoms with Crippen LogP contribution in [0, 0.1) is 0 Å². The Kier molecular flexibility index (Phi) is 10.0. The molecule has 4 amide bonds. The van der Waals surface area contributed by atoms with Gasteiger partial charge in [-0.05, 0) is 12.8 Å². The van der Waals surface area contributed by atoms with Crippen molar-refractivity contribution in [1.82, 2.24) is 10.6 Å². The molecule has 0 bridgehead atoms. The summed E-state index contributed by atoms with van der Waals surface area (Å²) < 4.78 is 0. The number of carbonyl (C=O) groups excluding carboxylic acids is 4. The van der Waals surface area contributed by atoms with Crippen molar-refractivity contribution in [3.8, 4) is 0 Å². The molecule has 0 fully saturated rings. The van der Waals surface area contributed by atoms with E-state index in [4.69, 9.17) is 27.4 Å². The normalized spacial score (nSPS) is 13.7. The van der Waals surface area contributed by atoms with E-state index in [1.807, 2.05) is 5.32 Å². The third-order valence-electron chi connectivity index (χ3n) is 3.34. The van der Waals surface area contributed by atoms with Gasteiger partial charge in [-0.15, -0.1) is 0 Å². The number of amides is 4. The fourth-order valence-electron chi connectivity index (χ4n) is 1.92. The van der Waals surface area contributed by atoms with E-state index in [2.05, 4.69) is 5.32 Å². The number of nitrogens with one attached hydrogen (secondary N) is 2. The molecule has 0 aromatic carbocycles. The molecule has 3 unspecified atom stereocenters. The summed E-state index contributed by atoms with van der Waals surface area (Å²) in [6.45, 7) is 0. The minimum Gasteiger partial charge on any atom is -0.481 e. The van der Waals surface area contributed by atoms with E-state index in [1.165, 1.54) is 0 Å². The zero-order chi connectivity index (χ0) is 21.1. The summed E-state index contributed by atoms with van der Waals surface area (Å²) in [5, 5.41) is 21.8. The highest BCUT2D eigenvalue weighted by Crippen LogP contribution is 2.03. The van der Waals surface area contributed by atoms with Crippen LogP contribution in [-0.4, -0.2) is 63.9 Å². The molecule has 13 heteroatoms. The Labute approximate surface area is 153 Å². The highest BCUT2D eigenvalue weighted by Gasteiger charge is 2.29. The highest BCUT2D eigenvalue weighted by atomic mass is 16.4. The van der Waals surface area contributed by atoms with E-state index in [9.17, 15) is 28.8 Å². The van der Waals surface area contributed by atoms with Crippen LogP contribution < -0.4 is 27.8 Å². The van der Waals surface area contributed by atoms with Gasteiger partial charge in [0.2, 0.25) is 23.6 Å². The first kappa shape index (κ1) is 23.8. The van der Waals surface area contributed by atoms with Gasteiger partial charge in [-0.3, -0.25) is 24.0 Å². The van der Waals surface area contributed by atoms with Crippen LogP contribution in [0.2, 0.25) is 0 Å². The second-order valence-electron chi connectivity index (χ2n) is 5.67. The van der Waals surface area contributed by atoms with Crippen molar-refractivity contribution in [2.24, 2.45) is 17.2 Å². The molecule has 0 saturated carbocycles. The Morgan fingerprint density at radius 1 is 0.778 bits per heavy atom. The fraction of sp³-hybridized carbons (Fsp3) is 0.571. The molecule has 0 aromatic rings. The van der Waals surface area contributed by atoms with Gasteiger partial charge in [0.25, 0.3) is 0 Å². The first-order valence-electron chi connectivity index (χ1n) is 7.81. The number of nitrogens with two attached hydrogens (primary N) is 3. The van der Waals surface area contributed by atoms with Gasteiger partial charge < -0.3 is 38.0 Å². The lowest BCUT2D eigenvalue weighted by molar-refractivity contribution is -0.143. The number of carbonyl (C=O) groups is 6. The van der Waals surface area contributed by atoms with Crippen LogP contribution in [0.4, 0.5) is 0 Å². The molecule has 0 radical (unpaired) electrons. The van der Waals surface area contributed by atoms with E-state index >= 15 is 0 Å². The number of hydrogen-bond donors (Lipinski definition) is 7. The van der Waals surface area contributed by atoms with Crippen LogP contribution in [0.5, 0.6) is 0 Å². The van der Waals surface area contributed by atoms with Gasteiger partial charge in [0.1, 0.15) is 12.1 Å². The van der Waals surface area contributed by atoms with Gasteiger partial charge >= 0.3 is 11.9 Å². The third-order valence-corrected chi connectivity index (χ3v) is 3.34. The molecular weight excluding hydrogens is 366 g/mol. The van der Waals surface area contributed by atoms with E-state index in [0.717, 1.165) is 0 Å². The zero-order valence-corrected chi connectivity index (χ0v) is 14.3. The lowest BCUT2D eigenvalue weighted by atomic mass is 10.1. The molecule has 0 aliphatic carbocycles. The van der Waals surface area contributed by atoms with Gasteiger partial charge in [0, 0.05) is 12.8 Å². The van der Waals surface area contributed by atoms with Crippen LogP contribution in [0.1, 0.15) is 32.1 Å². The monoisotopic (exact) mass is 389 g/mol. The molecular formula is C14H23N5O8.